The standard InChI is InChI=1S/C14H16N10O/c1-8-12-17-10(9-2-3-9)21-24(12)5-4-23(8)13(25)11-18-14(20-19-11)22-6-15-16-7-22/h6-9H,2-5H2,1H3,(H,18,19,20)/t8-/m1/s1. The van der Waals surface area contributed by atoms with Crippen LogP contribution in [0.25, 0.3) is 5.95 Å². The van der Waals surface area contributed by atoms with E-state index in [0.717, 1.165) is 24.5 Å². The van der Waals surface area contributed by atoms with E-state index >= 15 is 0 Å². The van der Waals surface area contributed by atoms with Crippen LogP contribution in [0.4, 0.5) is 0 Å². The van der Waals surface area contributed by atoms with Gasteiger partial charge in [-0.25, -0.2) is 9.67 Å². The third kappa shape index (κ3) is 2.30. The highest BCUT2D eigenvalue weighted by Gasteiger charge is 2.35. The first-order valence-corrected chi connectivity index (χ1v) is 8.23. The molecular formula is C14H16N10O. The SMILES string of the molecule is C[C@@H]1c2nc(C3CC3)nn2CCN1C(=O)c1nc(-n2cnnc2)n[nH]1. The number of carbonyl (C=O) groups is 1. The number of amides is 1. The molecule has 1 atom stereocenters. The Labute approximate surface area is 142 Å². The maximum atomic E-state index is 12.9. The monoisotopic (exact) mass is 340 g/mol. The first kappa shape index (κ1) is 14.3. The second-order valence-electron chi connectivity index (χ2n) is 6.35. The summed E-state index contributed by atoms with van der Waals surface area (Å²) in [5, 5.41) is 18.7. The summed E-state index contributed by atoms with van der Waals surface area (Å²) >= 11 is 0. The highest BCUT2D eigenvalue weighted by atomic mass is 16.2. The van der Waals surface area contributed by atoms with Crippen LogP contribution < -0.4 is 0 Å². The summed E-state index contributed by atoms with van der Waals surface area (Å²) in [4.78, 5) is 23.5. The van der Waals surface area contributed by atoms with Crippen molar-refractivity contribution in [1.82, 2.24) is 49.6 Å². The van der Waals surface area contributed by atoms with Gasteiger partial charge in [-0.15, -0.1) is 15.3 Å². The molecule has 0 saturated heterocycles. The molecule has 1 aliphatic carbocycles. The van der Waals surface area contributed by atoms with Crippen molar-refractivity contribution in [2.45, 2.75) is 38.3 Å². The Hall–Kier alpha value is -3.11. The Kier molecular flexibility index (Phi) is 2.96. The van der Waals surface area contributed by atoms with Crippen LogP contribution in [0.1, 0.15) is 54.0 Å². The highest BCUT2D eigenvalue weighted by molar-refractivity contribution is 5.90. The molecular weight excluding hydrogens is 324 g/mol. The van der Waals surface area contributed by atoms with Crippen molar-refractivity contribution < 1.29 is 4.79 Å². The first-order chi connectivity index (χ1) is 12.2. The normalized spacial score (nSPS) is 19.9. The highest BCUT2D eigenvalue weighted by Crippen LogP contribution is 2.39. The van der Waals surface area contributed by atoms with Crippen molar-refractivity contribution in [3.05, 3.63) is 30.1 Å². The van der Waals surface area contributed by atoms with Gasteiger partial charge in [0.25, 0.3) is 11.9 Å². The maximum absolute atomic E-state index is 12.9. The fourth-order valence-electron chi connectivity index (χ4n) is 3.08. The second-order valence-corrected chi connectivity index (χ2v) is 6.35. The number of hydrogen-bond donors (Lipinski definition) is 1. The molecule has 1 N–H and O–H groups in total. The molecule has 128 valence electrons. The smallest absolute Gasteiger partial charge is 0.291 e. The summed E-state index contributed by atoms with van der Waals surface area (Å²) in [6.45, 7) is 3.16. The number of aromatic amines is 1. The largest absolute Gasteiger partial charge is 0.324 e. The summed E-state index contributed by atoms with van der Waals surface area (Å²) in [7, 11) is 0. The van der Waals surface area contributed by atoms with Crippen molar-refractivity contribution in [1.29, 1.82) is 0 Å². The minimum absolute atomic E-state index is 0.162. The van der Waals surface area contributed by atoms with Gasteiger partial charge in [-0.05, 0) is 19.8 Å². The number of aromatic nitrogens is 9. The van der Waals surface area contributed by atoms with Gasteiger partial charge in [-0.1, -0.05) is 0 Å². The third-order valence-electron chi connectivity index (χ3n) is 4.64. The fourth-order valence-corrected chi connectivity index (χ4v) is 3.08. The average molecular weight is 340 g/mol. The molecule has 11 nitrogen and oxygen atoms in total. The van der Waals surface area contributed by atoms with Gasteiger partial charge >= 0.3 is 0 Å². The number of H-pyrrole nitrogens is 1. The number of nitrogens with one attached hydrogen (secondary N) is 1. The van der Waals surface area contributed by atoms with Crippen molar-refractivity contribution in [2.75, 3.05) is 6.54 Å². The molecule has 0 spiro atoms. The molecule has 3 aromatic heterocycles. The van der Waals surface area contributed by atoms with Crippen LogP contribution in [0.15, 0.2) is 12.7 Å². The zero-order valence-corrected chi connectivity index (χ0v) is 13.6. The van der Waals surface area contributed by atoms with E-state index in [-0.39, 0.29) is 17.8 Å². The zero-order valence-electron chi connectivity index (χ0n) is 13.6. The molecule has 5 rings (SSSR count). The number of nitrogens with zero attached hydrogens (tertiary/aromatic N) is 9. The van der Waals surface area contributed by atoms with Crippen LogP contribution in [-0.4, -0.2) is 62.1 Å². The van der Waals surface area contributed by atoms with Gasteiger partial charge in [0.1, 0.15) is 18.5 Å². The van der Waals surface area contributed by atoms with Crippen LogP contribution in [0, 0.1) is 0 Å². The molecule has 0 bridgehead atoms. The van der Waals surface area contributed by atoms with Crippen LogP contribution >= 0.6 is 0 Å². The molecule has 2 aliphatic rings. The quantitative estimate of drug-likeness (QED) is 0.715. The van der Waals surface area contributed by atoms with Crippen molar-refractivity contribution in [3.63, 3.8) is 0 Å². The molecule has 1 aliphatic heterocycles. The molecule has 1 saturated carbocycles. The van der Waals surface area contributed by atoms with Gasteiger partial charge < -0.3 is 4.90 Å². The Morgan fingerprint density at radius 2 is 2.00 bits per heavy atom. The van der Waals surface area contributed by atoms with Gasteiger partial charge in [0, 0.05) is 12.5 Å². The Bertz CT molecular complexity index is 921. The van der Waals surface area contributed by atoms with E-state index in [1.165, 1.54) is 17.2 Å². The topological polar surface area (TPSA) is 123 Å². The van der Waals surface area contributed by atoms with E-state index in [1.807, 2.05) is 11.6 Å². The lowest BCUT2D eigenvalue weighted by Crippen LogP contribution is -2.42. The van der Waals surface area contributed by atoms with Crippen molar-refractivity contribution >= 4 is 5.91 Å². The lowest BCUT2D eigenvalue weighted by atomic mass is 10.2. The van der Waals surface area contributed by atoms with E-state index in [9.17, 15) is 4.79 Å². The van der Waals surface area contributed by atoms with E-state index in [2.05, 4.69) is 35.5 Å². The number of fused-ring (bicyclic) bond motifs is 1. The molecule has 0 unspecified atom stereocenters. The van der Waals surface area contributed by atoms with Gasteiger partial charge in [0.05, 0.1) is 12.6 Å². The number of rotatable bonds is 3. The molecule has 1 amide bonds. The molecule has 25 heavy (non-hydrogen) atoms. The van der Waals surface area contributed by atoms with Gasteiger partial charge in [-0.2, -0.15) is 10.1 Å². The molecule has 11 heteroatoms. The Balaban J connectivity index is 1.40. The molecule has 4 heterocycles. The summed E-state index contributed by atoms with van der Waals surface area (Å²) < 4.78 is 3.45. The van der Waals surface area contributed by atoms with Gasteiger partial charge in [-0.3, -0.25) is 14.5 Å². The fraction of sp³-hybridized carbons (Fsp3) is 0.500. The van der Waals surface area contributed by atoms with Gasteiger partial charge in [0.15, 0.2) is 5.82 Å². The zero-order chi connectivity index (χ0) is 17.0. The van der Waals surface area contributed by atoms with Crippen LogP contribution in [0.3, 0.4) is 0 Å². The van der Waals surface area contributed by atoms with Crippen molar-refractivity contribution in [2.24, 2.45) is 0 Å². The second kappa shape index (κ2) is 5.19. The predicted molar refractivity (Wildman–Crippen MR) is 82.7 cm³/mol. The van der Waals surface area contributed by atoms with E-state index < -0.39 is 0 Å². The van der Waals surface area contributed by atoms with E-state index in [4.69, 9.17) is 0 Å². The summed E-state index contributed by atoms with van der Waals surface area (Å²) in [6.07, 6.45) is 5.26. The van der Waals surface area contributed by atoms with Crippen LogP contribution in [0.2, 0.25) is 0 Å². The minimum atomic E-state index is -0.207. The lowest BCUT2D eigenvalue weighted by molar-refractivity contribution is 0.0618. The average Bonchev–Trinajstić information content (AvgIpc) is 3.07. The Morgan fingerprint density at radius 3 is 2.76 bits per heavy atom. The third-order valence-corrected chi connectivity index (χ3v) is 4.64. The molecule has 1 fully saturated rings. The Morgan fingerprint density at radius 1 is 1.20 bits per heavy atom. The summed E-state index contributed by atoms with van der Waals surface area (Å²) in [5.41, 5.74) is 0. The van der Waals surface area contributed by atoms with E-state index in [1.54, 1.807) is 4.90 Å². The maximum Gasteiger partial charge on any atom is 0.291 e. The van der Waals surface area contributed by atoms with Crippen molar-refractivity contribution in [3.8, 4) is 5.95 Å². The first-order valence-electron chi connectivity index (χ1n) is 8.23. The van der Waals surface area contributed by atoms with Crippen LogP contribution in [0.5, 0.6) is 0 Å². The molecule has 0 radical (unpaired) electrons. The molecule has 0 aromatic carbocycles. The van der Waals surface area contributed by atoms with E-state index in [0.29, 0.717) is 25.0 Å². The van der Waals surface area contributed by atoms with Crippen LogP contribution in [-0.2, 0) is 6.54 Å². The lowest BCUT2D eigenvalue weighted by Gasteiger charge is -2.32. The number of carbonyl (C=O) groups excluding carboxylic acids is 1. The number of hydrogen-bond acceptors (Lipinski definition) is 7. The molecule has 3 aromatic rings. The predicted octanol–water partition coefficient (Wildman–Crippen LogP) is 0.0713. The summed E-state index contributed by atoms with van der Waals surface area (Å²) in [6, 6.07) is -0.162. The van der Waals surface area contributed by atoms with Gasteiger partial charge in [0.2, 0.25) is 5.82 Å². The minimum Gasteiger partial charge on any atom is -0.324 e. The summed E-state index contributed by atoms with van der Waals surface area (Å²) in [5.74, 6) is 2.55.